The van der Waals surface area contributed by atoms with E-state index in [2.05, 4.69) is 23.7 Å². The predicted molar refractivity (Wildman–Crippen MR) is 108 cm³/mol. The highest BCUT2D eigenvalue weighted by molar-refractivity contribution is 5.79. The summed E-state index contributed by atoms with van der Waals surface area (Å²) in [6.07, 6.45) is 2.63. The number of hydrogen-bond donors (Lipinski definition) is 1. The molecule has 29 heavy (non-hydrogen) atoms. The standard InChI is InChI=1S/C22H27FN4O2/c1-14(2)26-11-9-18-17(13-26)22(29)25-21(24-18)19-4-3-10-27(19)20(28)12-15-5-7-16(23)8-6-15/h5-8,14,19H,3-4,9-13H2,1-2H3,(H,24,25,29)/t19-/m1/s1. The maximum Gasteiger partial charge on any atom is 0.255 e. The van der Waals surface area contributed by atoms with Crippen molar-refractivity contribution in [1.29, 1.82) is 0 Å². The van der Waals surface area contributed by atoms with Crippen LogP contribution in [0.5, 0.6) is 0 Å². The minimum Gasteiger partial charge on any atom is -0.332 e. The average molecular weight is 398 g/mol. The van der Waals surface area contributed by atoms with Gasteiger partial charge in [-0.3, -0.25) is 14.5 Å². The predicted octanol–water partition coefficient (Wildman–Crippen LogP) is 2.58. The third-order valence-electron chi connectivity index (χ3n) is 6.00. The molecule has 0 saturated carbocycles. The van der Waals surface area contributed by atoms with Crippen molar-refractivity contribution >= 4 is 5.91 Å². The zero-order valence-electron chi connectivity index (χ0n) is 16.9. The Balaban J connectivity index is 1.54. The van der Waals surface area contributed by atoms with Crippen LogP contribution in [0.25, 0.3) is 0 Å². The van der Waals surface area contributed by atoms with E-state index in [0.717, 1.165) is 42.6 Å². The molecule has 2 aliphatic rings. The van der Waals surface area contributed by atoms with Crippen LogP contribution in [-0.2, 0) is 24.2 Å². The molecule has 0 radical (unpaired) electrons. The van der Waals surface area contributed by atoms with Crippen molar-refractivity contribution in [3.05, 3.63) is 63.1 Å². The summed E-state index contributed by atoms with van der Waals surface area (Å²) in [4.78, 5) is 37.4. The zero-order valence-corrected chi connectivity index (χ0v) is 16.9. The number of halogens is 1. The average Bonchev–Trinajstić information content (AvgIpc) is 3.19. The van der Waals surface area contributed by atoms with E-state index in [9.17, 15) is 14.0 Å². The van der Waals surface area contributed by atoms with Gasteiger partial charge in [0.05, 0.1) is 23.7 Å². The molecule has 6 nitrogen and oxygen atoms in total. The third-order valence-corrected chi connectivity index (χ3v) is 6.00. The van der Waals surface area contributed by atoms with Gasteiger partial charge in [0, 0.05) is 32.1 Å². The maximum atomic E-state index is 13.1. The second kappa shape index (κ2) is 8.06. The fourth-order valence-electron chi connectivity index (χ4n) is 4.29. The molecule has 2 aliphatic heterocycles. The lowest BCUT2D eigenvalue weighted by molar-refractivity contribution is -0.131. The van der Waals surface area contributed by atoms with Gasteiger partial charge in [-0.1, -0.05) is 12.1 Å². The Bertz CT molecular complexity index is 954. The van der Waals surface area contributed by atoms with Crippen LogP contribution >= 0.6 is 0 Å². The van der Waals surface area contributed by atoms with E-state index < -0.39 is 0 Å². The number of nitrogens with one attached hydrogen (secondary N) is 1. The van der Waals surface area contributed by atoms with E-state index in [1.807, 2.05) is 0 Å². The highest BCUT2D eigenvalue weighted by Crippen LogP contribution is 2.31. The summed E-state index contributed by atoms with van der Waals surface area (Å²) < 4.78 is 13.1. The number of aromatic amines is 1. The number of carbonyl (C=O) groups excluding carboxylic acids is 1. The lowest BCUT2D eigenvalue weighted by Gasteiger charge is -2.31. The van der Waals surface area contributed by atoms with E-state index in [1.54, 1.807) is 17.0 Å². The Hall–Kier alpha value is -2.54. The van der Waals surface area contributed by atoms with Crippen molar-refractivity contribution in [2.45, 2.75) is 58.2 Å². The van der Waals surface area contributed by atoms with Crippen molar-refractivity contribution in [2.24, 2.45) is 0 Å². The number of nitrogens with zero attached hydrogens (tertiary/aromatic N) is 3. The highest BCUT2D eigenvalue weighted by Gasteiger charge is 2.33. The van der Waals surface area contributed by atoms with Crippen molar-refractivity contribution in [2.75, 3.05) is 13.1 Å². The van der Waals surface area contributed by atoms with Crippen molar-refractivity contribution in [3.8, 4) is 0 Å². The van der Waals surface area contributed by atoms with Gasteiger partial charge in [0.1, 0.15) is 11.6 Å². The topological polar surface area (TPSA) is 69.3 Å². The molecule has 3 heterocycles. The first-order valence-corrected chi connectivity index (χ1v) is 10.3. The molecule has 4 rings (SSSR count). The van der Waals surface area contributed by atoms with Crippen LogP contribution in [-0.4, -0.2) is 44.8 Å². The molecule has 1 atom stereocenters. The van der Waals surface area contributed by atoms with Gasteiger partial charge in [0.15, 0.2) is 0 Å². The van der Waals surface area contributed by atoms with Crippen LogP contribution in [0.15, 0.2) is 29.1 Å². The number of likely N-dealkylation sites (tertiary alicyclic amines) is 1. The molecule has 2 aromatic rings. The Morgan fingerprint density at radius 3 is 2.76 bits per heavy atom. The van der Waals surface area contributed by atoms with Gasteiger partial charge in [-0.25, -0.2) is 9.37 Å². The molecule has 1 N–H and O–H groups in total. The van der Waals surface area contributed by atoms with Crippen LogP contribution in [0, 0.1) is 5.82 Å². The number of hydrogen-bond acceptors (Lipinski definition) is 4. The van der Waals surface area contributed by atoms with E-state index in [-0.39, 0.29) is 29.7 Å². The highest BCUT2D eigenvalue weighted by atomic mass is 19.1. The minimum absolute atomic E-state index is 0.0227. The van der Waals surface area contributed by atoms with Crippen LogP contribution in [0.1, 0.15) is 55.4 Å². The summed E-state index contributed by atoms with van der Waals surface area (Å²) in [7, 11) is 0. The molecule has 1 amide bonds. The van der Waals surface area contributed by atoms with Crippen molar-refractivity contribution in [1.82, 2.24) is 19.8 Å². The number of carbonyl (C=O) groups is 1. The minimum atomic E-state index is -0.313. The number of fused-ring (bicyclic) bond motifs is 1. The van der Waals surface area contributed by atoms with Gasteiger partial charge in [-0.2, -0.15) is 0 Å². The summed E-state index contributed by atoms with van der Waals surface area (Å²) in [6.45, 7) is 6.41. The second-order valence-corrected chi connectivity index (χ2v) is 8.24. The quantitative estimate of drug-likeness (QED) is 0.860. The van der Waals surface area contributed by atoms with Crippen LogP contribution in [0.4, 0.5) is 4.39 Å². The number of H-pyrrole nitrogens is 1. The summed E-state index contributed by atoms with van der Waals surface area (Å²) in [6, 6.07) is 6.19. The molecule has 1 aromatic heterocycles. The molecule has 1 saturated heterocycles. The van der Waals surface area contributed by atoms with E-state index >= 15 is 0 Å². The van der Waals surface area contributed by atoms with Gasteiger partial charge in [0.25, 0.3) is 5.56 Å². The van der Waals surface area contributed by atoms with Gasteiger partial charge in [0.2, 0.25) is 5.91 Å². The zero-order chi connectivity index (χ0) is 20.5. The number of amides is 1. The summed E-state index contributed by atoms with van der Waals surface area (Å²) in [5.74, 6) is 0.259. The molecule has 1 fully saturated rings. The van der Waals surface area contributed by atoms with Crippen LogP contribution in [0.3, 0.4) is 0 Å². The molecule has 0 bridgehead atoms. The molecular weight excluding hydrogens is 371 g/mol. The molecule has 0 unspecified atom stereocenters. The Kier molecular flexibility index (Phi) is 5.50. The van der Waals surface area contributed by atoms with Gasteiger partial charge < -0.3 is 9.88 Å². The monoisotopic (exact) mass is 398 g/mol. The molecule has 154 valence electrons. The van der Waals surface area contributed by atoms with E-state index in [4.69, 9.17) is 4.98 Å². The molecule has 7 heteroatoms. The fraction of sp³-hybridized carbons (Fsp3) is 0.500. The van der Waals surface area contributed by atoms with Gasteiger partial charge >= 0.3 is 0 Å². The smallest absolute Gasteiger partial charge is 0.255 e. The molecular formula is C22H27FN4O2. The maximum absolute atomic E-state index is 13.1. The molecule has 1 aromatic carbocycles. The summed E-state index contributed by atoms with van der Waals surface area (Å²) in [5, 5.41) is 0. The summed E-state index contributed by atoms with van der Waals surface area (Å²) in [5.41, 5.74) is 2.30. The largest absolute Gasteiger partial charge is 0.332 e. The Labute approximate surface area is 169 Å². The molecule has 0 aliphatic carbocycles. The lowest BCUT2D eigenvalue weighted by atomic mass is 10.0. The van der Waals surface area contributed by atoms with E-state index in [1.165, 1.54) is 12.1 Å². The number of benzene rings is 1. The molecule has 0 spiro atoms. The summed E-state index contributed by atoms with van der Waals surface area (Å²) >= 11 is 0. The van der Waals surface area contributed by atoms with Crippen LogP contribution in [0.2, 0.25) is 0 Å². The normalized spacial score (nSPS) is 19.6. The van der Waals surface area contributed by atoms with Gasteiger partial charge in [-0.05, 0) is 44.4 Å². The second-order valence-electron chi connectivity index (χ2n) is 8.24. The number of aromatic nitrogens is 2. The number of rotatable bonds is 4. The van der Waals surface area contributed by atoms with Gasteiger partial charge in [-0.15, -0.1) is 0 Å². The first-order chi connectivity index (χ1) is 13.9. The first-order valence-electron chi connectivity index (χ1n) is 10.3. The lowest BCUT2D eigenvalue weighted by Crippen LogP contribution is -2.40. The third kappa shape index (κ3) is 4.10. The Morgan fingerprint density at radius 1 is 1.28 bits per heavy atom. The van der Waals surface area contributed by atoms with Crippen molar-refractivity contribution < 1.29 is 9.18 Å². The van der Waals surface area contributed by atoms with Crippen LogP contribution < -0.4 is 5.56 Å². The first kappa shape index (κ1) is 19.8. The van der Waals surface area contributed by atoms with E-state index in [0.29, 0.717) is 25.0 Å². The fourth-order valence-corrected chi connectivity index (χ4v) is 4.29. The Morgan fingerprint density at radius 2 is 2.03 bits per heavy atom. The SMILES string of the molecule is CC(C)N1CCc2nc([C@H]3CCCN3C(=O)Cc3ccc(F)cc3)[nH]c(=O)c2C1. The van der Waals surface area contributed by atoms with Crippen molar-refractivity contribution in [3.63, 3.8) is 0 Å².